The summed E-state index contributed by atoms with van der Waals surface area (Å²) in [6.45, 7) is 6.58. The van der Waals surface area contributed by atoms with Gasteiger partial charge in [-0.05, 0) is 31.7 Å². The van der Waals surface area contributed by atoms with E-state index < -0.39 is 0 Å². The van der Waals surface area contributed by atoms with Crippen LogP contribution in [-0.4, -0.2) is 69.1 Å². The number of carbonyl (C=O) groups excluding carboxylic acids is 2. The molecule has 172 valence electrons. The van der Waals surface area contributed by atoms with Crippen molar-refractivity contribution in [2.45, 2.75) is 32.6 Å². The number of hydrogen-bond donors (Lipinski definition) is 0. The molecule has 9 heteroatoms. The SMILES string of the molecule is CCOC(=O)Cc1c(C)nc2ncnn2c1N1CCN(C(=O)C2C[C@H]2c2ccccc2)CC1. The van der Waals surface area contributed by atoms with Gasteiger partial charge in [-0.25, -0.2) is 4.98 Å². The number of amides is 1. The van der Waals surface area contributed by atoms with Gasteiger partial charge in [-0.2, -0.15) is 14.6 Å². The summed E-state index contributed by atoms with van der Waals surface area (Å²) in [5.74, 6) is 1.68. The second-order valence-electron chi connectivity index (χ2n) is 8.62. The maximum Gasteiger partial charge on any atom is 0.310 e. The number of ether oxygens (including phenoxy) is 1. The summed E-state index contributed by atoms with van der Waals surface area (Å²) in [6, 6.07) is 10.3. The summed E-state index contributed by atoms with van der Waals surface area (Å²) in [7, 11) is 0. The fourth-order valence-electron chi connectivity index (χ4n) is 4.77. The number of aromatic nitrogens is 4. The van der Waals surface area contributed by atoms with Gasteiger partial charge in [0.05, 0.1) is 13.0 Å². The normalized spacial score (nSPS) is 20.2. The Morgan fingerprint density at radius 3 is 2.61 bits per heavy atom. The summed E-state index contributed by atoms with van der Waals surface area (Å²) in [4.78, 5) is 38.3. The van der Waals surface area contributed by atoms with Crippen LogP contribution < -0.4 is 4.90 Å². The minimum absolute atomic E-state index is 0.0866. The molecule has 2 fully saturated rings. The molecule has 3 aromatic rings. The van der Waals surface area contributed by atoms with Gasteiger partial charge < -0.3 is 14.5 Å². The van der Waals surface area contributed by atoms with Gasteiger partial charge in [-0.15, -0.1) is 0 Å². The molecule has 2 aromatic heterocycles. The highest BCUT2D eigenvalue weighted by molar-refractivity contribution is 5.83. The first-order chi connectivity index (χ1) is 16.1. The first-order valence-corrected chi connectivity index (χ1v) is 11.5. The number of esters is 1. The van der Waals surface area contributed by atoms with E-state index in [9.17, 15) is 9.59 Å². The molecule has 5 rings (SSSR count). The third kappa shape index (κ3) is 4.15. The average molecular weight is 449 g/mol. The summed E-state index contributed by atoms with van der Waals surface area (Å²) >= 11 is 0. The molecular weight excluding hydrogens is 420 g/mol. The van der Waals surface area contributed by atoms with E-state index in [1.54, 1.807) is 11.4 Å². The lowest BCUT2D eigenvalue weighted by atomic mass is 10.1. The van der Waals surface area contributed by atoms with Crippen molar-refractivity contribution in [1.29, 1.82) is 0 Å². The van der Waals surface area contributed by atoms with Crippen molar-refractivity contribution in [3.63, 3.8) is 0 Å². The quantitative estimate of drug-likeness (QED) is 0.533. The van der Waals surface area contributed by atoms with Crippen molar-refractivity contribution < 1.29 is 14.3 Å². The summed E-state index contributed by atoms with van der Waals surface area (Å²) in [5, 5.41) is 4.35. The van der Waals surface area contributed by atoms with Crippen molar-refractivity contribution in [2.75, 3.05) is 37.7 Å². The minimum atomic E-state index is -0.294. The Morgan fingerprint density at radius 2 is 1.88 bits per heavy atom. The van der Waals surface area contributed by atoms with E-state index in [2.05, 4.69) is 32.1 Å². The van der Waals surface area contributed by atoms with Gasteiger partial charge in [0.15, 0.2) is 0 Å². The van der Waals surface area contributed by atoms with Crippen molar-refractivity contribution in [3.8, 4) is 0 Å². The Hall–Kier alpha value is -3.49. The number of rotatable bonds is 6. The maximum absolute atomic E-state index is 13.1. The van der Waals surface area contributed by atoms with Crippen molar-refractivity contribution >= 4 is 23.5 Å². The predicted octanol–water partition coefficient (Wildman–Crippen LogP) is 1.99. The Labute approximate surface area is 192 Å². The maximum atomic E-state index is 13.1. The number of hydrogen-bond acceptors (Lipinski definition) is 7. The Balaban J connectivity index is 1.32. The third-order valence-corrected chi connectivity index (χ3v) is 6.56. The van der Waals surface area contributed by atoms with Gasteiger partial charge in [-0.3, -0.25) is 9.59 Å². The monoisotopic (exact) mass is 448 g/mol. The molecule has 0 bridgehead atoms. The van der Waals surface area contributed by atoms with Gasteiger partial charge in [0.2, 0.25) is 5.91 Å². The molecule has 1 aromatic carbocycles. The standard InChI is InChI=1S/C24H28N6O3/c1-3-33-21(31)14-18-16(2)27-24-25-15-26-30(24)22(18)28-9-11-29(12-10-28)23(32)20-13-19(20)17-7-5-4-6-8-17/h4-8,15,19-20H,3,9-14H2,1-2H3/t19-,20?/m0/s1. The number of nitrogens with zero attached hydrogens (tertiary/aromatic N) is 6. The molecule has 1 saturated carbocycles. The van der Waals surface area contributed by atoms with Crippen LogP contribution in [0.3, 0.4) is 0 Å². The highest BCUT2D eigenvalue weighted by atomic mass is 16.5. The molecule has 0 N–H and O–H groups in total. The fourth-order valence-corrected chi connectivity index (χ4v) is 4.77. The average Bonchev–Trinajstić information content (AvgIpc) is 3.51. The number of benzene rings is 1. The fraction of sp³-hybridized carbons (Fsp3) is 0.458. The number of aryl methyl sites for hydroxylation is 1. The summed E-state index contributed by atoms with van der Waals surface area (Å²) < 4.78 is 6.87. The Bertz CT molecular complexity index is 1170. The van der Waals surface area contributed by atoms with Crippen LogP contribution in [0.5, 0.6) is 0 Å². The molecule has 2 aliphatic rings. The molecule has 1 aliphatic heterocycles. The van der Waals surface area contributed by atoms with Crippen molar-refractivity contribution in [1.82, 2.24) is 24.5 Å². The van der Waals surface area contributed by atoms with Crippen LogP contribution in [-0.2, 0) is 20.7 Å². The number of carbonyl (C=O) groups is 2. The van der Waals surface area contributed by atoms with E-state index in [0.29, 0.717) is 44.5 Å². The van der Waals surface area contributed by atoms with Gasteiger partial charge in [0, 0.05) is 43.4 Å². The topological polar surface area (TPSA) is 92.9 Å². The van der Waals surface area contributed by atoms with Crippen LogP contribution >= 0.6 is 0 Å². The molecule has 1 saturated heterocycles. The van der Waals surface area contributed by atoms with E-state index in [0.717, 1.165) is 23.5 Å². The summed E-state index contributed by atoms with van der Waals surface area (Å²) in [6.07, 6.45) is 2.52. The van der Waals surface area contributed by atoms with E-state index in [4.69, 9.17) is 4.74 Å². The molecule has 2 atom stereocenters. The molecule has 1 aliphatic carbocycles. The summed E-state index contributed by atoms with van der Waals surface area (Å²) in [5.41, 5.74) is 2.78. The lowest BCUT2D eigenvalue weighted by Gasteiger charge is -2.37. The zero-order valence-electron chi connectivity index (χ0n) is 19.0. The second kappa shape index (κ2) is 8.80. The number of anilines is 1. The predicted molar refractivity (Wildman–Crippen MR) is 122 cm³/mol. The largest absolute Gasteiger partial charge is 0.466 e. The Morgan fingerprint density at radius 1 is 1.12 bits per heavy atom. The lowest BCUT2D eigenvalue weighted by Crippen LogP contribution is -2.50. The smallest absolute Gasteiger partial charge is 0.310 e. The van der Waals surface area contributed by atoms with Gasteiger partial charge in [0.25, 0.3) is 5.78 Å². The number of fused-ring (bicyclic) bond motifs is 1. The zero-order chi connectivity index (χ0) is 22.9. The van der Waals surface area contributed by atoms with E-state index >= 15 is 0 Å². The van der Waals surface area contributed by atoms with Gasteiger partial charge in [0.1, 0.15) is 12.1 Å². The third-order valence-electron chi connectivity index (χ3n) is 6.56. The minimum Gasteiger partial charge on any atom is -0.466 e. The molecule has 3 heterocycles. The molecule has 1 amide bonds. The van der Waals surface area contributed by atoms with Crippen LogP contribution in [0.25, 0.3) is 5.78 Å². The molecule has 0 spiro atoms. The van der Waals surface area contributed by atoms with E-state index in [-0.39, 0.29) is 24.2 Å². The highest BCUT2D eigenvalue weighted by Gasteiger charge is 2.46. The first kappa shape index (κ1) is 21.4. The molecular formula is C24H28N6O3. The van der Waals surface area contributed by atoms with Crippen molar-refractivity contribution in [3.05, 3.63) is 53.5 Å². The van der Waals surface area contributed by atoms with Crippen molar-refractivity contribution in [2.24, 2.45) is 5.92 Å². The lowest BCUT2D eigenvalue weighted by molar-refractivity contribution is -0.142. The molecule has 9 nitrogen and oxygen atoms in total. The zero-order valence-corrected chi connectivity index (χ0v) is 19.0. The molecule has 33 heavy (non-hydrogen) atoms. The van der Waals surface area contributed by atoms with E-state index in [1.807, 2.05) is 30.0 Å². The van der Waals surface area contributed by atoms with Crippen LogP contribution in [0.2, 0.25) is 0 Å². The van der Waals surface area contributed by atoms with Crippen LogP contribution in [0.4, 0.5) is 5.82 Å². The van der Waals surface area contributed by atoms with Crippen LogP contribution in [0.15, 0.2) is 36.7 Å². The number of piperazine rings is 1. The van der Waals surface area contributed by atoms with Crippen LogP contribution in [0.1, 0.15) is 36.1 Å². The van der Waals surface area contributed by atoms with Gasteiger partial charge >= 0.3 is 5.97 Å². The second-order valence-corrected chi connectivity index (χ2v) is 8.62. The molecule has 0 radical (unpaired) electrons. The molecule has 1 unspecified atom stereocenters. The van der Waals surface area contributed by atoms with E-state index in [1.165, 1.54) is 11.9 Å². The first-order valence-electron chi connectivity index (χ1n) is 11.5. The van der Waals surface area contributed by atoms with Gasteiger partial charge in [-0.1, -0.05) is 30.3 Å². The highest BCUT2D eigenvalue weighted by Crippen LogP contribution is 2.48. The Kier molecular flexibility index (Phi) is 5.70. The van der Waals surface area contributed by atoms with Crippen LogP contribution in [0, 0.1) is 12.8 Å².